The lowest BCUT2D eigenvalue weighted by Gasteiger charge is -2.17. The molecule has 1 N–H and O–H groups in total. The van der Waals surface area contributed by atoms with Crippen LogP contribution in [0.5, 0.6) is 0 Å². The van der Waals surface area contributed by atoms with Crippen LogP contribution in [0.4, 0.5) is 5.69 Å². The fraction of sp³-hybridized carbons (Fsp3) is 0.286. The Balaban J connectivity index is 2.24. The van der Waals surface area contributed by atoms with Crippen molar-refractivity contribution >= 4 is 44.6 Å². The first-order chi connectivity index (χ1) is 8.49. The molecule has 1 heterocycles. The second-order valence-electron chi connectivity index (χ2n) is 4.34. The van der Waals surface area contributed by atoms with Gasteiger partial charge in [0.05, 0.1) is 15.2 Å². The number of aryl methyl sites for hydroxylation is 2. The van der Waals surface area contributed by atoms with Gasteiger partial charge in [0.15, 0.2) is 0 Å². The fourth-order valence-electron chi connectivity index (χ4n) is 2.01. The van der Waals surface area contributed by atoms with E-state index < -0.39 is 0 Å². The van der Waals surface area contributed by atoms with E-state index in [-0.39, 0.29) is 6.04 Å². The molecule has 0 aliphatic heterocycles. The molecule has 0 aliphatic rings. The largest absolute Gasteiger partial charge is 0.378 e. The molecule has 0 fully saturated rings. The number of thiophene rings is 1. The molecule has 18 heavy (non-hydrogen) atoms. The van der Waals surface area contributed by atoms with Crippen molar-refractivity contribution < 1.29 is 0 Å². The highest BCUT2D eigenvalue weighted by Gasteiger charge is 2.13. The standard InChI is InChI=1S/C14H15BrClNS/c1-8-7-11(10(3)18-8)9(2)17-13-6-4-5-12(16)14(13)15/h4-7,9,17H,1-3H3. The summed E-state index contributed by atoms with van der Waals surface area (Å²) in [6, 6.07) is 8.37. The van der Waals surface area contributed by atoms with Crippen LogP contribution in [0.15, 0.2) is 28.7 Å². The number of nitrogens with one attached hydrogen (secondary N) is 1. The third-order valence-electron chi connectivity index (χ3n) is 2.87. The molecular formula is C14H15BrClNS. The van der Waals surface area contributed by atoms with Crippen LogP contribution < -0.4 is 5.32 Å². The summed E-state index contributed by atoms with van der Waals surface area (Å²) in [5.74, 6) is 0. The second-order valence-corrected chi connectivity index (χ2v) is 7.00. The molecule has 2 aromatic rings. The number of anilines is 1. The molecule has 0 amide bonds. The smallest absolute Gasteiger partial charge is 0.0593 e. The number of hydrogen-bond donors (Lipinski definition) is 1. The van der Waals surface area contributed by atoms with Crippen LogP contribution in [0.25, 0.3) is 0 Å². The SMILES string of the molecule is Cc1cc(C(C)Nc2cccc(Cl)c2Br)c(C)s1. The molecule has 0 spiro atoms. The van der Waals surface area contributed by atoms with Gasteiger partial charge in [-0.1, -0.05) is 17.7 Å². The molecule has 1 aromatic heterocycles. The summed E-state index contributed by atoms with van der Waals surface area (Å²) in [5, 5.41) is 4.22. The van der Waals surface area contributed by atoms with Gasteiger partial charge in [-0.25, -0.2) is 0 Å². The molecule has 0 radical (unpaired) electrons. The van der Waals surface area contributed by atoms with Crippen molar-refractivity contribution in [1.82, 2.24) is 0 Å². The Bertz CT molecular complexity index is 565. The van der Waals surface area contributed by atoms with E-state index in [1.165, 1.54) is 15.3 Å². The highest BCUT2D eigenvalue weighted by Crippen LogP contribution is 2.34. The molecule has 4 heteroatoms. The average molecular weight is 345 g/mol. The molecule has 1 unspecified atom stereocenters. The third kappa shape index (κ3) is 2.90. The molecule has 2 rings (SSSR count). The maximum atomic E-state index is 6.09. The van der Waals surface area contributed by atoms with Gasteiger partial charge in [-0.2, -0.15) is 0 Å². The minimum absolute atomic E-state index is 0.268. The Hall–Kier alpha value is -0.510. The quantitative estimate of drug-likeness (QED) is 0.725. The Kier molecular flexibility index (Phi) is 4.36. The van der Waals surface area contributed by atoms with Crippen LogP contribution in [0, 0.1) is 13.8 Å². The van der Waals surface area contributed by atoms with Crippen molar-refractivity contribution in [3.05, 3.63) is 49.1 Å². The lowest BCUT2D eigenvalue weighted by molar-refractivity contribution is 0.880. The van der Waals surface area contributed by atoms with E-state index in [0.29, 0.717) is 0 Å². The highest BCUT2D eigenvalue weighted by molar-refractivity contribution is 9.10. The normalized spacial score (nSPS) is 12.5. The predicted octanol–water partition coefficient (Wildman–Crippen LogP) is 5.95. The summed E-state index contributed by atoms with van der Waals surface area (Å²) < 4.78 is 0.920. The molecule has 1 nitrogen and oxygen atoms in total. The third-order valence-corrected chi connectivity index (χ3v) is 5.25. The number of benzene rings is 1. The van der Waals surface area contributed by atoms with E-state index in [4.69, 9.17) is 11.6 Å². The van der Waals surface area contributed by atoms with Gasteiger partial charge in [0.1, 0.15) is 0 Å². The first kappa shape index (κ1) is 13.9. The minimum atomic E-state index is 0.268. The Morgan fingerprint density at radius 3 is 2.67 bits per heavy atom. The van der Waals surface area contributed by atoms with Crippen LogP contribution in [-0.4, -0.2) is 0 Å². The van der Waals surface area contributed by atoms with Gasteiger partial charge < -0.3 is 5.32 Å². The van der Waals surface area contributed by atoms with Crippen LogP contribution in [0.2, 0.25) is 5.02 Å². The van der Waals surface area contributed by atoms with Gasteiger partial charge in [-0.15, -0.1) is 11.3 Å². The van der Waals surface area contributed by atoms with Crippen LogP contribution >= 0.6 is 38.9 Å². The lowest BCUT2D eigenvalue weighted by atomic mass is 10.1. The van der Waals surface area contributed by atoms with E-state index in [1.807, 2.05) is 29.5 Å². The van der Waals surface area contributed by atoms with E-state index in [2.05, 4.69) is 48.1 Å². The number of halogens is 2. The number of rotatable bonds is 3. The van der Waals surface area contributed by atoms with E-state index >= 15 is 0 Å². The zero-order chi connectivity index (χ0) is 13.3. The molecule has 1 atom stereocenters. The van der Waals surface area contributed by atoms with Gasteiger partial charge in [-0.05, 0) is 60.5 Å². The van der Waals surface area contributed by atoms with Crippen molar-refractivity contribution in [2.45, 2.75) is 26.8 Å². The summed E-state index contributed by atoms with van der Waals surface area (Å²) in [7, 11) is 0. The summed E-state index contributed by atoms with van der Waals surface area (Å²) in [4.78, 5) is 2.71. The van der Waals surface area contributed by atoms with Crippen LogP contribution in [0.3, 0.4) is 0 Å². The van der Waals surface area contributed by atoms with Crippen molar-refractivity contribution in [3.8, 4) is 0 Å². The molecule has 0 aliphatic carbocycles. The molecule has 96 valence electrons. The zero-order valence-electron chi connectivity index (χ0n) is 10.6. The van der Waals surface area contributed by atoms with Gasteiger partial charge in [0.2, 0.25) is 0 Å². The first-order valence-corrected chi connectivity index (χ1v) is 7.75. The van der Waals surface area contributed by atoms with Gasteiger partial charge in [0, 0.05) is 15.8 Å². The van der Waals surface area contributed by atoms with Gasteiger partial charge in [-0.3, -0.25) is 0 Å². The Labute approximate surface area is 125 Å². The summed E-state index contributed by atoms with van der Waals surface area (Å²) >= 11 is 11.4. The summed E-state index contributed by atoms with van der Waals surface area (Å²) in [5.41, 5.74) is 2.38. The van der Waals surface area contributed by atoms with Crippen molar-refractivity contribution in [1.29, 1.82) is 0 Å². The zero-order valence-corrected chi connectivity index (χ0v) is 13.7. The van der Waals surface area contributed by atoms with E-state index in [9.17, 15) is 0 Å². The Morgan fingerprint density at radius 1 is 1.33 bits per heavy atom. The topological polar surface area (TPSA) is 12.0 Å². The predicted molar refractivity (Wildman–Crippen MR) is 85.0 cm³/mol. The molecule has 0 saturated carbocycles. The minimum Gasteiger partial charge on any atom is -0.378 e. The molecule has 0 saturated heterocycles. The highest BCUT2D eigenvalue weighted by atomic mass is 79.9. The molecule has 1 aromatic carbocycles. The molecular weight excluding hydrogens is 330 g/mol. The van der Waals surface area contributed by atoms with Crippen molar-refractivity contribution in [2.75, 3.05) is 5.32 Å². The number of hydrogen-bond acceptors (Lipinski definition) is 2. The maximum absolute atomic E-state index is 6.09. The van der Waals surface area contributed by atoms with Crippen LogP contribution in [0.1, 0.15) is 28.3 Å². The van der Waals surface area contributed by atoms with E-state index in [0.717, 1.165) is 15.2 Å². The average Bonchev–Trinajstić information content (AvgIpc) is 2.64. The van der Waals surface area contributed by atoms with E-state index in [1.54, 1.807) is 0 Å². The second kappa shape index (κ2) is 5.64. The maximum Gasteiger partial charge on any atom is 0.0593 e. The van der Waals surface area contributed by atoms with Crippen molar-refractivity contribution in [2.24, 2.45) is 0 Å². The van der Waals surface area contributed by atoms with Gasteiger partial charge >= 0.3 is 0 Å². The van der Waals surface area contributed by atoms with Crippen molar-refractivity contribution in [3.63, 3.8) is 0 Å². The molecule has 0 bridgehead atoms. The summed E-state index contributed by atoms with van der Waals surface area (Å²) in [6.07, 6.45) is 0. The van der Waals surface area contributed by atoms with Crippen LogP contribution in [-0.2, 0) is 0 Å². The fourth-order valence-corrected chi connectivity index (χ4v) is 3.58. The first-order valence-electron chi connectivity index (χ1n) is 5.76. The lowest BCUT2D eigenvalue weighted by Crippen LogP contribution is -2.07. The van der Waals surface area contributed by atoms with Gasteiger partial charge in [0.25, 0.3) is 0 Å². The monoisotopic (exact) mass is 343 g/mol. The Morgan fingerprint density at radius 2 is 2.06 bits per heavy atom. The summed E-state index contributed by atoms with van der Waals surface area (Å²) in [6.45, 7) is 6.48.